The normalized spacial score (nSPS) is 16.7. The Bertz CT molecular complexity index is 2270. The summed E-state index contributed by atoms with van der Waals surface area (Å²) >= 11 is 0. The molecule has 0 spiro atoms. The highest BCUT2D eigenvalue weighted by Crippen LogP contribution is 2.52. The number of nitrogens with one attached hydrogen (secondary N) is 1. The van der Waals surface area contributed by atoms with E-state index in [1.165, 1.54) is 66.3 Å². The van der Waals surface area contributed by atoms with Crippen molar-refractivity contribution < 1.29 is 0 Å². The van der Waals surface area contributed by atoms with Crippen LogP contribution in [0.2, 0.25) is 0 Å². The lowest BCUT2D eigenvalue weighted by Crippen LogP contribution is -2.28. The fraction of sp³-hybridized carbons (Fsp3) is 0.119. The second-order valence-corrected chi connectivity index (χ2v) is 12.6. The maximum absolute atomic E-state index is 5.55. The van der Waals surface area contributed by atoms with Gasteiger partial charge < -0.3 is 5.32 Å². The van der Waals surface area contributed by atoms with Crippen molar-refractivity contribution in [3.63, 3.8) is 0 Å². The molecule has 9 rings (SSSR count). The maximum atomic E-state index is 5.55. The summed E-state index contributed by atoms with van der Waals surface area (Å²) in [6.07, 6.45) is 0. The lowest BCUT2D eigenvalue weighted by atomic mass is 9.85. The van der Waals surface area contributed by atoms with E-state index in [1.54, 1.807) is 0 Å². The van der Waals surface area contributed by atoms with Gasteiger partial charge in [-0.2, -0.15) is 0 Å². The van der Waals surface area contributed by atoms with Gasteiger partial charge in [0.05, 0.1) is 11.0 Å². The topological polar surface area (TPSA) is 29.3 Å². The van der Waals surface area contributed by atoms with E-state index in [0.29, 0.717) is 11.8 Å². The molecule has 3 heteroatoms. The third-order valence-corrected chi connectivity index (χ3v) is 9.74. The zero-order valence-corrected chi connectivity index (χ0v) is 25.4. The van der Waals surface area contributed by atoms with Crippen molar-refractivity contribution in [2.45, 2.75) is 25.8 Å². The SMILES string of the molecule is CC(C)C1c2ccccc2-c2ccc3c4ccccc4n(C4=NC(c5ccc(-c6ccccc6)cc5)c5ccccc5N4)c3c21. The van der Waals surface area contributed by atoms with Gasteiger partial charge in [0, 0.05) is 27.9 Å². The van der Waals surface area contributed by atoms with E-state index in [9.17, 15) is 0 Å². The monoisotopic (exact) mass is 579 g/mol. The summed E-state index contributed by atoms with van der Waals surface area (Å²) in [6, 6.07) is 50.4. The van der Waals surface area contributed by atoms with Crippen molar-refractivity contribution in [1.29, 1.82) is 0 Å². The second-order valence-electron chi connectivity index (χ2n) is 12.6. The van der Waals surface area contributed by atoms with Gasteiger partial charge in [-0.25, -0.2) is 4.99 Å². The Hall–Kier alpha value is -5.41. The Morgan fingerprint density at radius 2 is 1.29 bits per heavy atom. The summed E-state index contributed by atoms with van der Waals surface area (Å²) in [5.41, 5.74) is 13.8. The van der Waals surface area contributed by atoms with E-state index in [2.05, 4.69) is 163 Å². The third kappa shape index (κ3) is 3.93. The lowest BCUT2D eigenvalue weighted by molar-refractivity contribution is 0.575. The molecule has 45 heavy (non-hydrogen) atoms. The van der Waals surface area contributed by atoms with E-state index in [0.717, 1.165) is 11.6 Å². The molecule has 216 valence electrons. The average molecular weight is 580 g/mol. The molecular weight excluding hydrogens is 546 g/mol. The first-order chi connectivity index (χ1) is 22.2. The van der Waals surface area contributed by atoms with E-state index in [-0.39, 0.29) is 6.04 Å². The summed E-state index contributed by atoms with van der Waals surface area (Å²) in [7, 11) is 0. The second kappa shape index (κ2) is 10.1. The summed E-state index contributed by atoms with van der Waals surface area (Å²) in [4.78, 5) is 5.55. The molecule has 0 fully saturated rings. The van der Waals surface area contributed by atoms with Crippen molar-refractivity contribution >= 4 is 33.5 Å². The van der Waals surface area contributed by atoms with Crippen LogP contribution < -0.4 is 5.32 Å². The Morgan fingerprint density at radius 1 is 0.600 bits per heavy atom. The molecule has 0 saturated carbocycles. The number of aliphatic imine (C=N–C) groups is 1. The van der Waals surface area contributed by atoms with Crippen LogP contribution in [0.1, 0.15) is 48.1 Å². The number of fused-ring (bicyclic) bond motifs is 8. The van der Waals surface area contributed by atoms with Crippen LogP contribution in [0.5, 0.6) is 0 Å². The Labute approximate surface area is 263 Å². The van der Waals surface area contributed by atoms with E-state index in [1.807, 2.05) is 0 Å². The highest BCUT2D eigenvalue weighted by atomic mass is 15.2. The van der Waals surface area contributed by atoms with Gasteiger partial charge in [0.15, 0.2) is 0 Å². The maximum Gasteiger partial charge on any atom is 0.208 e. The molecule has 0 saturated heterocycles. The molecule has 2 aliphatic rings. The molecule has 7 aromatic rings. The molecule has 1 aliphatic carbocycles. The zero-order valence-electron chi connectivity index (χ0n) is 25.4. The smallest absolute Gasteiger partial charge is 0.208 e. The number of hydrogen-bond acceptors (Lipinski definition) is 2. The number of benzene rings is 6. The van der Waals surface area contributed by atoms with Crippen LogP contribution in [-0.2, 0) is 0 Å². The standard InChI is InChI=1S/C42H33N3/c1-26(2)38-32-16-7-6-14-30(32)33-24-25-34-31-15-9-11-19-37(31)45(41(34)39(33)38)42-43-36-18-10-8-17-35(36)40(44-42)29-22-20-28(21-23-29)27-12-4-3-5-13-27/h3-26,38,40H,1-2H3,(H,43,44). The summed E-state index contributed by atoms with van der Waals surface area (Å²) < 4.78 is 2.41. The van der Waals surface area contributed by atoms with Crippen LogP contribution >= 0.6 is 0 Å². The summed E-state index contributed by atoms with van der Waals surface area (Å²) in [5.74, 6) is 1.62. The number of nitrogens with zero attached hydrogens (tertiary/aromatic N) is 2. The van der Waals surface area contributed by atoms with Gasteiger partial charge >= 0.3 is 0 Å². The molecule has 0 amide bonds. The summed E-state index contributed by atoms with van der Waals surface area (Å²) in [5, 5.41) is 6.31. The number of hydrogen-bond donors (Lipinski definition) is 1. The molecule has 1 aromatic heterocycles. The number of para-hydroxylation sites is 2. The van der Waals surface area contributed by atoms with Gasteiger partial charge in [0.25, 0.3) is 0 Å². The van der Waals surface area contributed by atoms with Crippen molar-refractivity contribution in [2.75, 3.05) is 5.32 Å². The van der Waals surface area contributed by atoms with Gasteiger partial charge in [0.1, 0.15) is 6.04 Å². The Morgan fingerprint density at radius 3 is 2.11 bits per heavy atom. The van der Waals surface area contributed by atoms with E-state index in [4.69, 9.17) is 4.99 Å². The summed E-state index contributed by atoms with van der Waals surface area (Å²) in [6.45, 7) is 4.70. The van der Waals surface area contributed by atoms with Gasteiger partial charge in [-0.15, -0.1) is 0 Å². The molecule has 0 radical (unpaired) electrons. The van der Waals surface area contributed by atoms with E-state index < -0.39 is 0 Å². The molecule has 6 aromatic carbocycles. The fourth-order valence-corrected chi connectivity index (χ4v) is 7.76. The fourth-order valence-electron chi connectivity index (χ4n) is 7.76. The van der Waals surface area contributed by atoms with Gasteiger partial charge in [0.2, 0.25) is 5.96 Å². The third-order valence-electron chi connectivity index (χ3n) is 9.74. The first-order valence-electron chi connectivity index (χ1n) is 15.9. The molecule has 1 N–H and O–H groups in total. The zero-order chi connectivity index (χ0) is 30.1. The van der Waals surface area contributed by atoms with Crippen LogP contribution in [0.15, 0.2) is 145 Å². The van der Waals surface area contributed by atoms with Gasteiger partial charge in [-0.1, -0.05) is 141 Å². The molecule has 2 heterocycles. The lowest BCUT2D eigenvalue weighted by Gasteiger charge is -2.27. The quantitative estimate of drug-likeness (QED) is 0.222. The molecular formula is C42H33N3. The largest absolute Gasteiger partial charge is 0.325 e. The van der Waals surface area contributed by atoms with Crippen LogP contribution in [-0.4, -0.2) is 10.5 Å². The Kier molecular flexibility index (Phi) is 5.82. The Balaban J connectivity index is 1.29. The minimum Gasteiger partial charge on any atom is -0.325 e. The van der Waals surface area contributed by atoms with Crippen molar-refractivity contribution in [1.82, 2.24) is 4.57 Å². The molecule has 1 aliphatic heterocycles. The minimum absolute atomic E-state index is 0.131. The van der Waals surface area contributed by atoms with Gasteiger partial charge in [-0.3, -0.25) is 4.57 Å². The van der Waals surface area contributed by atoms with Crippen molar-refractivity contribution in [2.24, 2.45) is 10.9 Å². The number of anilines is 1. The predicted molar refractivity (Wildman–Crippen MR) is 188 cm³/mol. The first-order valence-corrected chi connectivity index (χ1v) is 15.9. The number of aromatic nitrogens is 1. The molecule has 2 unspecified atom stereocenters. The van der Waals surface area contributed by atoms with Gasteiger partial charge in [-0.05, 0) is 57.0 Å². The van der Waals surface area contributed by atoms with Crippen LogP contribution in [0, 0.1) is 5.92 Å². The highest BCUT2D eigenvalue weighted by Gasteiger charge is 2.35. The average Bonchev–Trinajstić information content (AvgIpc) is 3.62. The van der Waals surface area contributed by atoms with E-state index >= 15 is 0 Å². The molecule has 3 nitrogen and oxygen atoms in total. The first kappa shape index (κ1) is 26.0. The van der Waals surface area contributed by atoms with Crippen molar-refractivity contribution in [3.05, 3.63) is 162 Å². The number of rotatable bonds is 3. The predicted octanol–water partition coefficient (Wildman–Crippen LogP) is 10.6. The molecule has 0 bridgehead atoms. The molecule has 2 atom stereocenters. The van der Waals surface area contributed by atoms with Crippen LogP contribution in [0.25, 0.3) is 44.1 Å². The van der Waals surface area contributed by atoms with Crippen LogP contribution in [0.4, 0.5) is 5.69 Å². The van der Waals surface area contributed by atoms with Crippen LogP contribution in [0.3, 0.4) is 0 Å². The highest BCUT2D eigenvalue weighted by molar-refractivity contribution is 6.19. The van der Waals surface area contributed by atoms with Crippen molar-refractivity contribution in [3.8, 4) is 22.3 Å². The minimum atomic E-state index is -0.131.